The van der Waals surface area contributed by atoms with E-state index in [1.807, 2.05) is 27.7 Å². The van der Waals surface area contributed by atoms with Crippen molar-refractivity contribution in [3.8, 4) is 0 Å². The van der Waals surface area contributed by atoms with Gasteiger partial charge in [-0.25, -0.2) is 4.79 Å². The van der Waals surface area contributed by atoms with E-state index in [0.717, 1.165) is 6.42 Å². The zero-order valence-electron chi connectivity index (χ0n) is 8.59. The van der Waals surface area contributed by atoms with Crippen molar-refractivity contribution in [2.24, 2.45) is 11.3 Å². The molecule has 78 valence electrons. The van der Waals surface area contributed by atoms with Crippen molar-refractivity contribution in [1.29, 1.82) is 0 Å². The minimum absolute atomic E-state index is 0. The van der Waals surface area contributed by atoms with Crippen LogP contribution < -0.4 is 5.90 Å². The van der Waals surface area contributed by atoms with E-state index in [4.69, 9.17) is 5.90 Å². The van der Waals surface area contributed by atoms with Crippen LogP contribution in [0, 0.1) is 5.41 Å². The molecule has 3 nitrogen and oxygen atoms in total. The summed E-state index contributed by atoms with van der Waals surface area (Å²) in [5.74, 6) is 4.37. The van der Waals surface area contributed by atoms with Gasteiger partial charge in [0.2, 0.25) is 0 Å². The molecule has 0 amide bonds. The van der Waals surface area contributed by atoms with Gasteiger partial charge in [-0.05, 0) is 18.8 Å². The smallest absolute Gasteiger partial charge is 0.352 e. The fraction of sp³-hybridized carbons (Fsp3) is 0.667. The Morgan fingerprint density at radius 1 is 1.54 bits per heavy atom. The average Bonchev–Trinajstić information content (AvgIpc) is 2.05. The van der Waals surface area contributed by atoms with Gasteiger partial charge < -0.3 is 4.84 Å². The topological polar surface area (TPSA) is 52.3 Å². The number of rotatable bonds is 3. The molecule has 0 aliphatic carbocycles. The molecule has 0 bridgehead atoms. The molecule has 0 unspecified atom stereocenters. The Bertz CT molecular complexity index is 200. The van der Waals surface area contributed by atoms with E-state index in [1.165, 1.54) is 0 Å². The van der Waals surface area contributed by atoms with Gasteiger partial charge in [-0.1, -0.05) is 26.8 Å². The maximum Gasteiger partial charge on any atom is 0.352 e. The molecule has 4 heteroatoms. The highest BCUT2D eigenvalue weighted by Gasteiger charge is 2.26. The summed E-state index contributed by atoms with van der Waals surface area (Å²) in [6.45, 7) is 7.80. The predicted molar refractivity (Wildman–Crippen MR) is 55.4 cm³/mol. The van der Waals surface area contributed by atoms with E-state index in [2.05, 4.69) is 4.84 Å². The lowest BCUT2D eigenvalue weighted by atomic mass is 9.81. The van der Waals surface area contributed by atoms with Crippen molar-refractivity contribution in [2.75, 3.05) is 0 Å². The third-order valence-electron chi connectivity index (χ3n) is 2.23. The summed E-state index contributed by atoms with van der Waals surface area (Å²) in [6.07, 6.45) is 2.63. The van der Waals surface area contributed by atoms with E-state index < -0.39 is 5.97 Å². The van der Waals surface area contributed by atoms with Crippen LogP contribution in [0.5, 0.6) is 0 Å². The normalized spacial score (nSPS) is 11.9. The van der Waals surface area contributed by atoms with Gasteiger partial charge in [-0.3, -0.25) is 0 Å². The fourth-order valence-corrected chi connectivity index (χ4v) is 1.04. The Morgan fingerprint density at radius 2 is 2.00 bits per heavy atom. The molecule has 0 rings (SSSR count). The van der Waals surface area contributed by atoms with E-state index in [-0.39, 0.29) is 17.8 Å². The molecule has 2 N–H and O–H groups in total. The van der Waals surface area contributed by atoms with Crippen LogP contribution in [0.4, 0.5) is 0 Å². The molecule has 0 aromatic heterocycles. The second-order valence-electron chi connectivity index (χ2n) is 3.35. The summed E-state index contributed by atoms with van der Waals surface area (Å²) in [7, 11) is 0. The van der Waals surface area contributed by atoms with Crippen LogP contribution in [0.25, 0.3) is 0 Å². The second kappa shape index (κ2) is 6.00. The first-order valence-electron chi connectivity index (χ1n) is 4.07. The molecule has 0 heterocycles. The van der Waals surface area contributed by atoms with E-state index in [0.29, 0.717) is 5.57 Å². The molecule has 0 aliphatic rings. The number of carbonyl (C=O) groups is 1. The third-order valence-corrected chi connectivity index (χ3v) is 2.23. The minimum atomic E-state index is -0.440. The molecule has 0 aromatic carbocycles. The zero-order chi connectivity index (χ0) is 9.78. The van der Waals surface area contributed by atoms with Gasteiger partial charge in [-0.15, -0.1) is 12.4 Å². The van der Waals surface area contributed by atoms with E-state index in [1.54, 1.807) is 6.08 Å². The van der Waals surface area contributed by atoms with Gasteiger partial charge >= 0.3 is 5.97 Å². The van der Waals surface area contributed by atoms with Gasteiger partial charge in [0, 0.05) is 5.57 Å². The maximum atomic E-state index is 11.1. The lowest BCUT2D eigenvalue weighted by Crippen LogP contribution is -2.24. The third kappa shape index (κ3) is 3.79. The van der Waals surface area contributed by atoms with Gasteiger partial charge in [0.05, 0.1) is 0 Å². The SMILES string of the molecule is CC=C(C(=O)ON)C(C)(C)CC.Cl. The van der Waals surface area contributed by atoms with Gasteiger partial charge in [0.25, 0.3) is 0 Å². The molecular weight excluding hydrogens is 190 g/mol. The second-order valence-corrected chi connectivity index (χ2v) is 3.35. The first kappa shape index (κ1) is 15.0. The lowest BCUT2D eigenvalue weighted by Gasteiger charge is -2.23. The maximum absolute atomic E-state index is 11.1. The Kier molecular flexibility index (Phi) is 6.90. The quantitative estimate of drug-likeness (QED) is 0.570. The molecule has 0 fully saturated rings. The van der Waals surface area contributed by atoms with Crippen molar-refractivity contribution in [1.82, 2.24) is 0 Å². The van der Waals surface area contributed by atoms with Crippen molar-refractivity contribution in [3.05, 3.63) is 11.6 Å². The van der Waals surface area contributed by atoms with Crippen LogP contribution >= 0.6 is 12.4 Å². The van der Waals surface area contributed by atoms with Crippen molar-refractivity contribution >= 4 is 18.4 Å². The Balaban J connectivity index is 0. The van der Waals surface area contributed by atoms with Crippen LogP contribution in [0.3, 0.4) is 0 Å². The summed E-state index contributed by atoms with van der Waals surface area (Å²) in [5.41, 5.74) is 0.470. The number of halogens is 1. The van der Waals surface area contributed by atoms with Crippen molar-refractivity contribution < 1.29 is 9.63 Å². The van der Waals surface area contributed by atoms with Crippen LogP contribution in [0.1, 0.15) is 34.1 Å². The van der Waals surface area contributed by atoms with E-state index in [9.17, 15) is 4.79 Å². The molecule has 0 atom stereocenters. The van der Waals surface area contributed by atoms with Crippen LogP contribution in [-0.2, 0) is 9.63 Å². The molecule has 0 aliphatic heterocycles. The standard InChI is InChI=1S/C9H17NO2.ClH/c1-5-7(8(11)12-10)9(3,4)6-2;/h5H,6,10H2,1-4H3;1H. The first-order valence-corrected chi connectivity index (χ1v) is 4.07. The van der Waals surface area contributed by atoms with Crippen molar-refractivity contribution in [3.63, 3.8) is 0 Å². The summed E-state index contributed by atoms with van der Waals surface area (Å²) in [5, 5.41) is 0. The Morgan fingerprint density at radius 3 is 2.23 bits per heavy atom. The van der Waals surface area contributed by atoms with Crippen LogP contribution in [-0.4, -0.2) is 5.97 Å². The highest BCUT2D eigenvalue weighted by Crippen LogP contribution is 2.30. The first-order chi connectivity index (χ1) is 5.49. The molecule has 0 aromatic rings. The van der Waals surface area contributed by atoms with Gasteiger partial charge in [0.1, 0.15) is 0 Å². The minimum Gasteiger partial charge on any atom is -0.370 e. The van der Waals surface area contributed by atoms with Crippen LogP contribution in [0.2, 0.25) is 0 Å². The molecule has 0 spiro atoms. The highest BCUT2D eigenvalue weighted by molar-refractivity contribution is 5.89. The van der Waals surface area contributed by atoms with Crippen LogP contribution in [0.15, 0.2) is 11.6 Å². The lowest BCUT2D eigenvalue weighted by molar-refractivity contribution is -0.140. The Labute approximate surface area is 85.7 Å². The number of hydrogen-bond donors (Lipinski definition) is 1. The summed E-state index contributed by atoms with van der Waals surface area (Å²) >= 11 is 0. The monoisotopic (exact) mass is 207 g/mol. The average molecular weight is 208 g/mol. The molecular formula is C9H18ClNO2. The summed E-state index contributed by atoms with van der Waals surface area (Å²) in [6, 6.07) is 0. The predicted octanol–water partition coefficient (Wildman–Crippen LogP) is 2.21. The molecule has 13 heavy (non-hydrogen) atoms. The van der Waals surface area contributed by atoms with Gasteiger partial charge in [-0.2, -0.15) is 5.90 Å². The largest absolute Gasteiger partial charge is 0.370 e. The molecule has 0 saturated carbocycles. The van der Waals surface area contributed by atoms with Crippen molar-refractivity contribution in [2.45, 2.75) is 34.1 Å². The Hall–Kier alpha value is -0.540. The number of carbonyl (C=O) groups excluding carboxylic acids is 1. The number of nitrogens with two attached hydrogens (primary N) is 1. The molecule has 0 saturated heterocycles. The van der Waals surface area contributed by atoms with Gasteiger partial charge in [0.15, 0.2) is 0 Å². The zero-order valence-corrected chi connectivity index (χ0v) is 9.40. The summed E-state index contributed by atoms with van der Waals surface area (Å²) < 4.78 is 0. The van der Waals surface area contributed by atoms with E-state index >= 15 is 0 Å². The fourth-order valence-electron chi connectivity index (χ4n) is 1.04. The number of allylic oxidation sites excluding steroid dienone is 1. The summed E-state index contributed by atoms with van der Waals surface area (Å²) in [4.78, 5) is 15.3. The highest BCUT2D eigenvalue weighted by atomic mass is 35.5. The number of hydrogen-bond acceptors (Lipinski definition) is 3. The molecule has 0 radical (unpaired) electrons.